The number of aliphatic carboxylic acids is 1. The second kappa shape index (κ2) is 8.56. The molecule has 0 bridgehead atoms. The quantitative estimate of drug-likeness (QED) is 0.271. The predicted molar refractivity (Wildman–Crippen MR) is 131 cm³/mol. The number of carbonyl (C=O) groups excluding carboxylic acids is 2. The molecule has 190 valence electrons. The number of aliphatic hydroxyl groups is 1. The van der Waals surface area contributed by atoms with E-state index in [1.807, 2.05) is 6.07 Å². The largest absolute Gasteiger partial charge is 0.495 e. The van der Waals surface area contributed by atoms with Crippen LogP contribution in [0.5, 0.6) is 5.75 Å². The van der Waals surface area contributed by atoms with Crippen LogP contribution in [0.4, 0.5) is 0 Å². The van der Waals surface area contributed by atoms with Crippen LogP contribution in [0, 0.1) is 0 Å². The van der Waals surface area contributed by atoms with E-state index in [4.69, 9.17) is 14.5 Å². The SMILES string of the molecule is CC[C@@]1(O)C(=O)OCc2c1cc1n(c2=O)Cc2cc3c(OC)c(/C=C(\NC(C)=O)C(=O)O)ccc3nc2-1. The monoisotopic (exact) mass is 505 g/mol. The molecule has 37 heavy (non-hydrogen) atoms. The van der Waals surface area contributed by atoms with Gasteiger partial charge >= 0.3 is 11.9 Å². The Morgan fingerprint density at radius 3 is 2.70 bits per heavy atom. The first-order valence-electron chi connectivity index (χ1n) is 11.5. The Balaban J connectivity index is 1.69. The van der Waals surface area contributed by atoms with Crippen LogP contribution in [0.15, 0.2) is 34.8 Å². The molecule has 1 aromatic carbocycles. The molecule has 3 N–H and O–H groups in total. The number of nitrogens with zero attached hydrogens (tertiary/aromatic N) is 2. The van der Waals surface area contributed by atoms with Gasteiger partial charge in [0.15, 0.2) is 5.60 Å². The highest BCUT2D eigenvalue weighted by atomic mass is 16.6. The lowest BCUT2D eigenvalue weighted by Gasteiger charge is -2.31. The summed E-state index contributed by atoms with van der Waals surface area (Å²) in [6.07, 6.45) is 1.34. The molecular formula is C26H23N3O8. The average molecular weight is 505 g/mol. The van der Waals surface area contributed by atoms with Crippen molar-refractivity contribution in [2.45, 2.75) is 39.0 Å². The summed E-state index contributed by atoms with van der Waals surface area (Å²) >= 11 is 0. The smallest absolute Gasteiger partial charge is 0.352 e. The fourth-order valence-corrected chi connectivity index (χ4v) is 4.88. The number of amides is 1. The number of nitrogens with one attached hydrogen (secondary N) is 1. The molecule has 4 heterocycles. The van der Waals surface area contributed by atoms with Crippen molar-refractivity contribution in [1.82, 2.24) is 14.9 Å². The second-order valence-corrected chi connectivity index (χ2v) is 8.90. The minimum absolute atomic E-state index is 0.0457. The molecule has 0 unspecified atom stereocenters. The van der Waals surface area contributed by atoms with Crippen LogP contribution in [-0.4, -0.2) is 44.7 Å². The summed E-state index contributed by atoms with van der Waals surface area (Å²) in [7, 11) is 1.44. The van der Waals surface area contributed by atoms with Gasteiger partial charge in [-0.15, -0.1) is 0 Å². The summed E-state index contributed by atoms with van der Waals surface area (Å²) in [4.78, 5) is 53.5. The van der Waals surface area contributed by atoms with E-state index >= 15 is 0 Å². The first kappa shape index (κ1) is 24.2. The van der Waals surface area contributed by atoms with Gasteiger partial charge in [-0.2, -0.15) is 0 Å². The highest BCUT2D eigenvalue weighted by Crippen LogP contribution is 2.40. The molecule has 2 aliphatic heterocycles. The normalized spacial score (nSPS) is 18.1. The van der Waals surface area contributed by atoms with Gasteiger partial charge in [-0.25, -0.2) is 14.6 Å². The zero-order valence-corrected chi connectivity index (χ0v) is 20.2. The Labute approximate surface area is 210 Å². The number of fused-ring (bicyclic) bond motifs is 5. The maximum Gasteiger partial charge on any atom is 0.352 e. The Kier molecular flexibility index (Phi) is 5.60. The van der Waals surface area contributed by atoms with E-state index in [0.717, 1.165) is 0 Å². The van der Waals surface area contributed by atoms with Gasteiger partial charge in [0.1, 0.15) is 18.1 Å². The topological polar surface area (TPSA) is 157 Å². The van der Waals surface area contributed by atoms with Crippen molar-refractivity contribution < 1.29 is 34.1 Å². The lowest BCUT2D eigenvalue weighted by molar-refractivity contribution is -0.172. The van der Waals surface area contributed by atoms with E-state index in [2.05, 4.69) is 5.32 Å². The molecule has 0 radical (unpaired) electrons. The highest BCUT2D eigenvalue weighted by Gasteiger charge is 2.45. The molecule has 2 aromatic heterocycles. The van der Waals surface area contributed by atoms with Gasteiger partial charge in [0.2, 0.25) is 5.91 Å². The van der Waals surface area contributed by atoms with Crippen molar-refractivity contribution in [2.75, 3.05) is 7.11 Å². The maximum absolute atomic E-state index is 13.3. The van der Waals surface area contributed by atoms with Crippen LogP contribution in [0.3, 0.4) is 0 Å². The van der Waals surface area contributed by atoms with Gasteiger partial charge in [-0.1, -0.05) is 6.92 Å². The van der Waals surface area contributed by atoms with E-state index in [9.17, 15) is 29.4 Å². The van der Waals surface area contributed by atoms with Gasteiger partial charge in [-0.05, 0) is 36.8 Å². The Hall–Kier alpha value is -4.51. The maximum atomic E-state index is 13.3. The number of benzene rings is 1. The Bertz CT molecular complexity index is 1620. The summed E-state index contributed by atoms with van der Waals surface area (Å²) in [6.45, 7) is 2.84. The van der Waals surface area contributed by atoms with Crippen molar-refractivity contribution in [3.8, 4) is 17.1 Å². The number of rotatable bonds is 5. The van der Waals surface area contributed by atoms with Crippen LogP contribution in [0.25, 0.3) is 28.4 Å². The second-order valence-electron chi connectivity index (χ2n) is 8.90. The molecular weight excluding hydrogens is 482 g/mol. The molecule has 11 nitrogen and oxygen atoms in total. The molecule has 0 saturated carbocycles. The third-order valence-electron chi connectivity index (χ3n) is 6.72. The number of carbonyl (C=O) groups is 3. The first-order valence-corrected chi connectivity index (χ1v) is 11.5. The first-order chi connectivity index (χ1) is 17.6. The van der Waals surface area contributed by atoms with Crippen molar-refractivity contribution in [2.24, 2.45) is 0 Å². The number of cyclic esters (lactones) is 1. The number of esters is 1. The molecule has 0 spiro atoms. The lowest BCUT2D eigenvalue weighted by atomic mass is 9.86. The van der Waals surface area contributed by atoms with Crippen molar-refractivity contribution in [3.63, 3.8) is 0 Å². The zero-order valence-electron chi connectivity index (χ0n) is 20.2. The van der Waals surface area contributed by atoms with Crippen LogP contribution in [0.1, 0.15) is 42.5 Å². The number of hydrogen-bond acceptors (Lipinski definition) is 8. The zero-order chi connectivity index (χ0) is 26.6. The third kappa shape index (κ3) is 3.66. The Morgan fingerprint density at radius 2 is 2.05 bits per heavy atom. The Morgan fingerprint density at radius 1 is 1.30 bits per heavy atom. The van der Waals surface area contributed by atoms with Gasteiger partial charge < -0.3 is 29.6 Å². The van der Waals surface area contributed by atoms with Gasteiger partial charge in [0, 0.05) is 29.0 Å². The summed E-state index contributed by atoms with van der Waals surface area (Å²) in [6, 6.07) is 6.74. The van der Waals surface area contributed by atoms with E-state index in [-0.39, 0.29) is 42.0 Å². The molecule has 0 fully saturated rings. The summed E-state index contributed by atoms with van der Waals surface area (Å²) in [5, 5.41) is 23.3. The van der Waals surface area contributed by atoms with E-state index in [1.165, 1.54) is 24.7 Å². The van der Waals surface area contributed by atoms with E-state index < -0.39 is 23.4 Å². The van der Waals surface area contributed by atoms with Crippen molar-refractivity contribution in [3.05, 3.63) is 62.6 Å². The number of ether oxygens (including phenoxy) is 2. The number of carboxylic acids is 1. The van der Waals surface area contributed by atoms with Crippen LogP contribution in [0.2, 0.25) is 0 Å². The van der Waals surface area contributed by atoms with Crippen molar-refractivity contribution >= 4 is 34.8 Å². The fourth-order valence-electron chi connectivity index (χ4n) is 4.88. The van der Waals surface area contributed by atoms with Gasteiger partial charge in [0.25, 0.3) is 5.56 Å². The van der Waals surface area contributed by atoms with Gasteiger partial charge in [-0.3, -0.25) is 9.59 Å². The predicted octanol–water partition coefficient (Wildman–Crippen LogP) is 1.65. The highest BCUT2D eigenvalue weighted by molar-refractivity contribution is 5.99. The minimum atomic E-state index is -1.91. The molecule has 11 heteroatoms. The standard InChI is InChI=1S/C26H23N3O8/c1-4-26(35)17-9-20-21-14(10-29(20)23(31)16(17)11-37-25(26)34)7-15-18(28-21)6-5-13(22(15)36-3)8-19(24(32)33)27-12(2)30/h5-9,35H,4,10-11H2,1-3H3,(H,27,30)(H,32,33)/b19-8-/t26-/m0/s1. The third-order valence-corrected chi connectivity index (χ3v) is 6.72. The van der Waals surface area contributed by atoms with E-state index in [0.29, 0.717) is 39.2 Å². The summed E-state index contributed by atoms with van der Waals surface area (Å²) < 4.78 is 12.2. The number of methoxy groups -OCH3 is 1. The molecule has 1 amide bonds. The summed E-state index contributed by atoms with van der Waals surface area (Å²) in [5.41, 5.74) is 0.506. The molecule has 3 aromatic rings. The fraction of sp³-hybridized carbons (Fsp3) is 0.269. The van der Waals surface area contributed by atoms with Crippen molar-refractivity contribution in [1.29, 1.82) is 0 Å². The van der Waals surface area contributed by atoms with Gasteiger partial charge in [0.05, 0.1) is 36.1 Å². The van der Waals surface area contributed by atoms with Crippen LogP contribution in [-0.2, 0) is 37.9 Å². The number of pyridine rings is 2. The molecule has 1 atom stereocenters. The molecule has 0 aliphatic carbocycles. The lowest BCUT2D eigenvalue weighted by Crippen LogP contribution is -2.44. The van der Waals surface area contributed by atoms with Crippen LogP contribution >= 0.6 is 0 Å². The molecule has 2 aliphatic rings. The number of carboxylic acid groups (broad SMARTS) is 1. The number of hydrogen-bond donors (Lipinski definition) is 3. The summed E-state index contributed by atoms with van der Waals surface area (Å²) in [5.74, 6) is -2.28. The average Bonchev–Trinajstić information content (AvgIpc) is 3.22. The molecule has 5 rings (SSSR count). The molecule has 0 saturated heterocycles. The minimum Gasteiger partial charge on any atom is -0.495 e. The van der Waals surface area contributed by atoms with Crippen LogP contribution < -0.4 is 15.6 Å². The van der Waals surface area contributed by atoms with E-state index in [1.54, 1.807) is 25.1 Å². The number of aromatic nitrogens is 2.